The molecule has 2 aromatic carbocycles. The third-order valence-electron chi connectivity index (χ3n) is 3.28. The molecule has 0 atom stereocenters. The fourth-order valence-electron chi connectivity index (χ4n) is 2.24. The number of nitrogens with zero attached hydrogens (tertiary/aromatic N) is 2. The van der Waals surface area contributed by atoms with Gasteiger partial charge >= 0.3 is 5.69 Å². The molecule has 0 radical (unpaired) electrons. The molecule has 0 amide bonds. The number of benzene rings is 2. The molecule has 0 saturated heterocycles. The lowest BCUT2D eigenvalue weighted by Crippen LogP contribution is -2.30. The summed E-state index contributed by atoms with van der Waals surface area (Å²) in [4.78, 5) is 12.9. The summed E-state index contributed by atoms with van der Waals surface area (Å²) in [5.74, 6) is 0. The van der Waals surface area contributed by atoms with E-state index < -0.39 is 4.92 Å². The number of anilines is 1. The Bertz CT molecular complexity index is 629. The second-order valence-electron chi connectivity index (χ2n) is 5.07. The number of halogens is 1. The summed E-state index contributed by atoms with van der Waals surface area (Å²) in [6.07, 6.45) is 0. The third-order valence-corrected chi connectivity index (χ3v) is 3.58. The molecule has 0 aliphatic heterocycles. The molecule has 4 nitrogen and oxygen atoms in total. The highest BCUT2D eigenvalue weighted by Crippen LogP contribution is 2.36. The Hall–Kier alpha value is -2.07. The normalized spacial score (nSPS) is 10.7. The smallest absolute Gasteiger partial charge is 0.310 e. The minimum Gasteiger partial charge on any atom is -0.359 e. The Morgan fingerprint density at radius 1 is 1.14 bits per heavy atom. The minimum atomic E-state index is -0.419. The van der Waals surface area contributed by atoms with Crippen LogP contribution in [0.4, 0.5) is 11.4 Å². The van der Waals surface area contributed by atoms with Crippen LogP contribution in [0.5, 0.6) is 0 Å². The predicted octanol–water partition coefficient (Wildman–Crippen LogP) is 4.66. The third kappa shape index (κ3) is 3.52. The monoisotopic (exact) mass is 304 g/mol. The minimum absolute atomic E-state index is 0.0382. The molecule has 110 valence electrons. The van der Waals surface area contributed by atoms with Gasteiger partial charge in [0.15, 0.2) is 0 Å². The zero-order valence-corrected chi connectivity index (χ0v) is 12.7. The molecule has 0 unspecified atom stereocenters. The van der Waals surface area contributed by atoms with Crippen LogP contribution in [0.15, 0.2) is 48.5 Å². The number of hydrogen-bond donors (Lipinski definition) is 0. The van der Waals surface area contributed by atoms with Gasteiger partial charge in [-0.1, -0.05) is 48.0 Å². The van der Waals surface area contributed by atoms with Gasteiger partial charge in [0.25, 0.3) is 0 Å². The summed E-state index contributed by atoms with van der Waals surface area (Å²) in [6, 6.07) is 15.0. The Morgan fingerprint density at radius 3 is 2.38 bits per heavy atom. The highest BCUT2D eigenvalue weighted by atomic mass is 35.5. The van der Waals surface area contributed by atoms with Crippen molar-refractivity contribution >= 4 is 23.0 Å². The highest BCUT2D eigenvalue weighted by Gasteiger charge is 2.24. The van der Waals surface area contributed by atoms with Gasteiger partial charge in [-0.05, 0) is 31.5 Å². The number of para-hydroxylation sites is 1. The number of nitro benzene ring substituents is 1. The van der Waals surface area contributed by atoms with Gasteiger partial charge in [-0.25, -0.2) is 0 Å². The lowest BCUT2D eigenvalue weighted by molar-refractivity contribution is -0.384. The second-order valence-corrected chi connectivity index (χ2v) is 5.48. The maximum atomic E-state index is 11.3. The van der Waals surface area contributed by atoms with Crippen LogP contribution in [-0.2, 0) is 6.54 Å². The summed E-state index contributed by atoms with van der Waals surface area (Å²) in [5, 5.41) is 11.5. The van der Waals surface area contributed by atoms with E-state index in [2.05, 4.69) is 0 Å². The second kappa shape index (κ2) is 6.59. The Balaban J connectivity index is 2.44. The Labute approximate surface area is 129 Å². The molecule has 0 aliphatic rings. The van der Waals surface area contributed by atoms with Crippen LogP contribution in [0.1, 0.15) is 19.4 Å². The van der Waals surface area contributed by atoms with Gasteiger partial charge in [0.05, 0.1) is 4.92 Å². The molecule has 5 heteroatoms. The average Bonchev–Trinajstić information content (AvgIpc) is 2.45. The summed E-state index contributed by atoms with van der Waals surface area (Å²) in [5.41, 5.74) is 1.61. The van der Waals surface area contributed by atoms with E-state index in [4.69, 9.17) is 11.6 Å². The predicted molar refractivity (Wildman–Crippen MR) is 85.9 cm³/mol. The molecule has 21 heavy (non-hydrogen) atoms. The van der Waals surface area contributed by atoms with Gasteiger partial charge in [0.1, 0.15) is 10.7 Å². The van der Waals surface area contributed by atoms with E-state index in [1.54, 1.807) is 18.2 Å². The molecule has 0 heterocycles. The molecule has 0 fully saturated rings. The van der Waals surface area contributed by atoms with Crippen molar-refractivity contribution in [3.8, 4) is 0 Å². The lowest BCUT2D eigenvalue weighted by atomic mass is 10.1. The van der Waals surface area contributed by atoms with Crippen LogP contribution in [0.3, 0.4) is 0 Å². The standard InChI is InChI=1S/C16H17ClN2O2/c1-12(2)18(11-13-7-4-3-5-8-13)15-10-6-9-14(17)16(15)19(20)21/h3-10,12H,11H2,1-2H3. The van der Waals surface area contributed by atoms with Crippen LogP contribution in [0.2, 0.25) is 5.02 Å². The van der Waals surface area contributed by atoms with E-state index in [-0.39, 0.29) is 16.8 Å². The molecule has 2 aromatic rings. The van der Waals surface area contributed by atoms with E-state index >= 15 is 0 Å². The fraction of sp³-hybridized carbons (Fsp3) is 0.250. The summed E-state index contributed by atoms with van der Waals surface area (Å²) >= 11 is 6.01. The molecule has 0 spiro atoms. The summed E-state index contributed by atoms with van der Waals surface area (Å²) in [7, 11) is 0. The first-order chi connectivity index (χ1) is 10.0. The lowest BCUT2D eigenvalue weighted by Gasteiger charge is -2.29. The van der Waals surface area contributed by atoms with Gasteiger partial charge in [0.2, 0.25) is 0 Å². The van der Waals surface area contributed by atoms with Crippen molar-refractivity contribution < 1.29 is 4.92 Å². The highest BCUT2D eigenvalue weighted by molar-refractivity contribution is 6.33. The van der Waals surface area contributed by atoms with Crippen molar-refractivity contribution in [2.24, 2.45) is 0 Å². The molecule has 0 saturated carbocycles. The number of rotatable bonds is 5. The van der Waals surface area contributed by atoms with Crippen LogP contribution in [0.25, 0.3) is 0 Å². The van der Waals surface area contributed by atoms with E-state index in [9.17, 15) is 10.1 Å². The zero-order chi connectivity index (χ0) is 15.4. The molecule has 0 aromatic heterocycles. The van der Waals surface area contributed by atoms with Crippen LogP contribution >= 0.6 is 11.6 Å². The van der Waals surface area contributed by atoms with Crippen molar-refractivity contribution in [1.29, 1.82) is 0 Å². The van der Waals surface area contributed by atoms with E-state index in [0.29, 0.717) is 12.2 Å². The van der Waals surface area contributed by atoms with Gasteiger partial charge < -0.3 is 4.90 Å². The quantitative estimate of drug-likeness (QED) is 0.596. The van der Waals surface area contributed by atoms with Gasteiger partial charge in [0, 0.05) is 12.6 Å². The number of hydrogen-bond acceptors (Lipinski definition) is 3. The molecule has 2 rings (SSSR count). The van der Waals surface area contributed by atoms with Crippen molar-refractivity contribution in [1.82, 2.24) is 0 Å². The Morgan fingerprint density at radius 2 is 1.81 bits per heavy atom. The fourth-order valence-corrected chi connectivity index (χ4v) is 2.48. The molecular weight excluding hydrogens is 288 g/mol. The first-order valence-corrected chi connectivity index (χ1v) is 7.12. The van der Waals surface area contributed by atoms with E-state index in [1.165, 1.54) is 0 Å². The van der Waals surface area contributed by atoms with E-state index in [0.717, 1.165) is 5.56 Å². The largest absolute Gasteiger partial charge is 0.359 e. The van der Waals surface area contributed by atoms with E-state index in [1.807, 2.05) is 49.1 Å². The molecule has 0 bridgehead atoms. The Kier molecular flexibility index (Phi) is 4.81. The van der Waals surface area contributed by atoms with Crippen molar-refractivity contribution in [2.75, 3.05) is 4.90 Å². The van der Waals surface area contributed by atoms with Crippen LogP contribution in [-0.4, -0.2) is 11.0 Å². The average molecular weight is 305 g/mol. The van der Waals surface area contributed by atoms with Gasteiger partial charge in [-0.15, -0.1) is 0 Å². The van der Waals surface area contributed by atoms with Crippen molar-refractivity contribution in [2.45, 2.75) is 26.4 Å². The van der Waals surface area contributed by atoms with Crippen LogP contribution in [0, 0.1) is 10.1 Å². The van der Waals surface area contributed by atoms with Crippen molar-refractivity contribution in [3.63, 3.8) is 0 Å². The van der Waals surface area contributed by atoms with Crippen molar-refractivity contribution in [3.05, 3.63) is 69.2 Å². The topological polar surface area (TPSA) is 46.4 Å². The van der Waals surface area contributed by atoms with Crippen LogP contribution < -0.4 is 4.90 Å². The first-order valence-electron chi connectivity index (χ1n) is 6.74. The van der Waals surface area contributed by atoms with Gasteiger partial charge in [-0.2, -0.15) is 0 Å². The SMILES string of the molecule is CC(C)N(Cc1ccccc1)c1cccc(Cl)c1[N+](=O)[O-]. The zero-order valence-electron chi connectivity index (χ0n) is 12.0. The maximum Gasteiger partial charge on any atom is 0.310 e. The maximum absolute atomic E-state index is 11.3. The summed E-state index contributed by atoms with van der Waals surface area (Å²) < 4.78 is 0. The summed E-state index contributed by atoms with van der Waals surface area (Å²) in [6.45, 7) is 4.61. The van der Waals surface area contributed by atoms with Gasteiger partial charge in [-0.3, -0.25) is 10.1 Å². The molecular formula is C16H17ClN2O2. The number of nitro groups is 1. The first kappa shape index (κ1) is 15.3. The molecule has 0 N–H and O–H groups in total. The molecule has 0 aliphatic carbocycles.